The van der Waals surface area contributed by atoms with Gasteiger partial charge in [-0.1, -0.05) is 0 Å². The first-order chi connectivity index (χ1) is 4.47. The van der Waals surface area contributed by atoms with Gasteiger partial charge in [0.25, 0.3) is 0 Å². The van der Waals surface area contributed by atoms with Crippen LogP contribution in [-0.2, 0) is 5.75 Å². The van der Waals surface area contributed by atoms with E-state index in [1.807, 2.05) is 6.20 Å². The summed E-state index contributed by atoms with van der Waals surface area (Å²) in [6.07, 6.45) is 3.40. The zero-order chi connectivity index (χ0) is 6.10. The fraction of sp³-hybridized carbons (Fsp3) is 0.200. The van der Waals surface area contributed by atoms with Crippen LogP contribution in [0.5, 0.6) is 0 Å². The smallest absolute Gasteiger partial charge is 0.143 e. The lowest BCUT2D eigenvalue weighted by molar-refractivity contribution is 1.14. The molecular formula is C5H5N3S. The summed E-state index contributed by atoms with van der Waals surface area (Å²) in [5.41, 5.74) is 1.20. The molecule has 0 unspecified atom stereocenters. The molecular weight excluding hydrogens is 134 g/mol. The SMILES string of the molecule is c1ncc2c(n1)NSC2. The molecule has 0 fully saturated rings. The predicted molar refractivity (Wildman–Crippen MR) is 36.9 cm³/mol. The number of fused-ring (bicyclic) bond motifs is 1. The van der Waals surface area contributed by atoms with Crippen LogP contribution in [-0.4, -0.2) is 9.97 Å². The number of nitrogens with one attached hydrogen (secondary N) is 1. The Labute approximate surface area is 57.0 Å². The Bertz CT molecular complexity index is 202. The van der Waals surface area contributed by atoms with Gasteiger partial charge in [0.05, 0.1) is 0 Å². The molecule has 2 heterocycles. The molecule has 0 aliphatic carbocycles. The minimum absolute atomic E-state index is 0.968. The summed E-state index contributed by atoms with van der Waals surface area (Å²) in [6.45, 7) is 0. The third-order valence-corrected chi connectivity index (χ3v) is 1.98. The Balaban J connectivity index is 2.54. The van der Waals surface area contributed by atoms with Crippen molar-refractivity contribution in [3.63, 3.8) is 0 Å². The van der Waals surface area contributed by atoms with Crippen molar-refractivity contribution in [2.75, 3.05) is 4.72 Å². The van der Waals surface area contributed by atoms with Crippen LogP contribution < -0.4 is 4.72 Å². The summed E-state index contributed by atoms with van der Waals surface area (Å²) in [4.78, 5) is 7.91. The highest BCUT2D eigenvalue weighted by molar-refractivity contribution is 8.00. The average Bonchev–Trinajstić information content (AvgIpc) is 2.33. The first-order valence-electron chi connectivity index (χ1n) is 2.63. The minimum Gasteiger partial charge on any atom is -0.314 e. The van der Waals surface area contributed by atoms with Crippen molar-refractivity contribution in [1.29, 1.82) is 0 Å². The van der Waals surface area contributed by atoms with E-state index in [4.69, 9.17) is 0 Å². The van der Waals surface area contributed by atoms with Crippen molar-refractivity contribution in [1.82, 2.24) is 9.97 Å². The van der Waals surface area contributed by atoms with Crippen molar-refractivity contribution in [2.45, 2.75) is 5.75 Å². The van der Waals surface area contributed by atoms with Crippen molar-refractivity contribution in [2.24, 2.45) is 0 Å². The molecule has 1 aliphatic rings. The molecule has 0 amide bonds. The third-order valence-electron chi connectivity index (χ3n) is 1.18. The maximum absolute atomic E-state index is 4.02. The number of nitrogens with zero attached hydrogens (tertiary/aromatic N) is 2. The normalized spacial score (nSPS) is 14.7. The Kier molecular flexibility index (Phi) is 1.05. The summed E-state index contributed by atoms with van der Waals surface area (Å²) in [5, 5.41) is 0. The molecule has 0 bridgehead atoms. The number of hydrogen-bond acceptors (Lipinski definition) is 4. The molecule has 1 aromatic rings. The molecule has 1 aromatic heterocycles. The lowest BCUT2D eigenvalue weighted by Gasteiger charge is -1.91. The van der Waals surface area contributed by atoms with E-state index in [9.17, 15) is 0 Å². The molecule has 3 nitrogen and oxygen atoms in total. The average molecular weight is 139 g/mol. The van der Waals surface area contributed by atoms with Gasteiger partial charge in [0, 0.05) is 17.5 Å². The Hall–Kier alpha value is -0.770. The van der Waals surface area contributed by atoms with Crippen LogP contribution in [0.25, 0.3) is 0 Å². The zero-order valence-electron chi connectivity index (χ0n) is 4.66. The van der Waals surface area contributed by atoms with E-state index >= 15 is 0 Å². The van der Waals surface area contributed by atoms with E-state index in [1.54, 1.807) is 18.3 Å². The van der Waals surface area contributed by atoms with Crippen LogP contribution in [0, 0.1) is 0 Å². The summed E-state index contributed by atoms with van der Waals surface area (Å²) in [5.74, 6) is 1.95. The Morgan fingerprint density at radius 3 is 3.56 bits per heavy atom. The van der Waals surface area contributed by atoms with Gasteiger partial charge in [-0.2, -0.15) is 0 Å². The van der Waals surface area contributed by atoms with Crippen LogP contribution >= 0.6 is 11.9 Å². The van der Waals surface area contributed by atoms with E-state index in [2.05, 4.69) is 14.7 Å². The lowest BCUT2D eigenvalue weighted by atomic mass is 10.4. The third kappa shape index (κ3) is 0.751. The van der Waals surface area contributed by atoms with Crippen molar-refractivity contribution < 1.29 is 0 Å². The second kappa shape index (κ2) is 1.88. The molecule has 9 heavy (non-hydrogen) atoms. The van der Waals surface area contributed by atoms with Crippen LogP contribution in [0.1, 0.15) is 5.56 Å². The van der Waals surface area contributed by atoms with Crippen LogP contribution in [0.15, 0.2) is 12.5 Å². The van der Waals surface area contributed by atoms with E-state index in [-0.39, 0.29) is 0 Å². The molecule has 0 atom stereocenters. The number of rotatable bonds is 0. The maximum Gasteiger partial charge on any atom is 0.143 e. The molecule has 0 radical (unpaired) electrons. The van der Waals surface area contributed by atoms with Gasteiger partial charge in [0.1, 0.15) is 12.1 Å². The van der Waals surface area contributed by atoms with E-state index in [1.165, 1.54) is 5.56 Å². The molecule has 0 saturated carbocycles. The standard InChI is InChI=1S/C5H5N3S/c1-4-2-9-8-5(4)7-3-6-1/h1,3H,2H2,(H,6,7,8). The zero-order valence-corrected chi connectivity index (χ0v) is 5.48. The molecule has 0 spiro atoms. The van der Waals surface area contributed by atoms with Gasteiger partial charge in [-0.15, -0.1) is 0 Å². The molecule has 2 rings (SSSR count). The predicted octanol–water partition coefficient (Wildman–Crippen LogP) is 1.05. The first kappa shape index (κ1) is 5.05. The molecule has 0 aromatic carbocycles. The Morgan fingerprint density at radius 1 is 1.67 bits per heavy atom. The fourth-order valence-electron chi connectivity index (χ4n) is 0.738. The van der Waals surface area contributed by atoms with E-state index in [0.717, 1.165) is 11.6 Å². The highest BCUT2D eigenvalue weighted by Gasteiger charge is 2.09. The van der Waals surface area contributed by atoms with Gasteiger partial charge >= 0.3 is 0 Å². The highest BCUT2D eigenvalue weighted by atomic mass is 32.2. The summed E-state index contributed by atoms with van der Waals surface area (Å²) >= 11 is 1.65. The topological polar surface area (TPSA) is 37.8 Å². The lowest BCUT2D eigenvalue weighted by Crippen LogP contribution is -1.85. The molecule has 0 saturated heterocycles. The van der Waals surface area contributed by atoms with Gasteiger partial charge in [0.15, 0.2) is 0 Å². The number of anilines is 1. The summed E-state index contributed by atoms with van der Waals surface area (Å²) < 4.78 is 3.07. The first-order valence-corrected chi connectivity index (χ1v) is 3.62. The molecule has 46 valence electrons. The molecule has 1 aliphatic heterocycles. The van der Waals surface area contributed by atoms with Crippen molar-refractivity contribution in [3.05, 3.63) is 18.1 Å². The largest absolute Gasteiger partial charge is 0.314 e. The molecule has 1 N–H and O–H groups in total. The van der Waals surface area contributed by atoms with E-state index < -0.39 is 0 Å². The van der Waals surface area contributed by atoms with E-state index in [0.29, 0.717) is 0 Å². The fourth-order valence-corrected chi connectivity index (χ4v) is 1.50. The van der Waals surface area contributed by atoms with Crippen LogP contribution in [0.4, 0.5) is 5.82 Å². The minimum atomic E-state index is 0.968. The monoisotopic (exact) mass is 139 g/mol. The number of aromatic nitrogens is 2. The van der Waals surface area contributed by atoms with Crippen molar-refractivity contribution >= 4 is 17.8 Å². The number of hydrogen-bond donors (Lipinski definition) is 1. The van der Waals surface area contributed by atoms with Crippen LogP contribution in [0.3, 0.4) is 0 Å². The molecule has 4 heteroatoms. The second-order valence-electron chi connectivity index (χ2n) is 1.79. The maximum atomic E-state index is 4.02. The quantitative estimate of drug-likeness (QED) is 0.545. The van der Waals surface area contributed by atoms with Gasteiger partial charge in [-0.3, -0.25) is 0 Å². The van der Waals surface area contributed by atoms with Gasteiger partial charge < -0.3 is 4.72 Å². The summed E-state index contributed by atoms with van der Waals surface area (Å²) in [7, 11) is 0. The van der Waals surface area contributed by atoms with Crippen LogP contribution in [0.2, 0.25) is 0 Å². The Morgan fingerprint density at radius 2 is 2.67 bits per heavy atom. The summed E-state index contributed by atoms with van der Waals surface area (Å²) in [6, 6.07) is 0. The van der Waals surface area contributed by atoms with Crippen molar-refractivity contribution in [3.8, 4) is 0 Å². The van der Waals surface area contributed by atoms with Gasteiger partial charge in [-0.25, -0.2) is 9.97 Å². The van der Waals surface area contributed by atoms with Gasteiger partial charge in [-0.05, 0) is 11.9 Å². The van der Waals surface area contributed by atoms with Gasteiger partial charge in [0.2, 0.25) is 0 Å². The highest BCUT2D eigenvalue weighted by Crippen LogP contribution is 2.26. The second-order valence-corrected chi connectivity index (χ2v) is 2.57.